The lowest BCUT2D eigenvalue weighted by atomic mass is 10.0. The highest BCUT2D eigenvalue weighted by atomic mass is 35.5. The molecule has 0 radical (unpaired) electrons. The molecule has 1 saturated carbocycles. The zero-order valence-electron chi connectivity index (χ0n) is 20.5. The minimum Gasteiger partial charge on any atom is -0.444 e. The van der Waals surface area contributed by atoms with E-state index in [0.717, 1.165) is 18.4 Å². The van der Waals surface area contributed by atoms with Gasteiger partial charge in [-0.1, -0.05) is 29.8 Å². The minimum atomic E-state index is -0.604. The van der Waals surface area contributed by atoms with Crippen molar-refractivity contribution in [2.75, 3.05) is 18.4 Å². The number of hydrogen-bond acceptors (Lipinski definition) is 5. The van der Waals surface area contributed by atoms with Gasteiger partial charge in [0, 0.05) is 31.1 Å². The number of ether oxygens (including phenoxy) is 1. The molecule has 1 saturated heterocycles. The highest BCUT2D eigenvalue weighted by Gasteiger charge is 2.46. The number of carbonyl (C=O) groups is 3. The summed E-state index contributed by atoms with van der Waals surface area (Å²) in [5.74, 6) is 0.348. The molecule has 1 aliphatic heterocycles. The summed E-state index contributed by atoms with van der Waals surface area (Å²) in [5, 5.41) is 7.34. The van der Waals surface area contributed by atoms with Gasteiger partial charge in [0.2, 0.25) is 5.91 Å². The Morgan fingerprint density at radius 1 is 1.17 bits per heavy atom. The molecular weight excluding hydrogens is 470 g/mol. The van der Waals surface area contributed by atoms with Crippen LogP contribution in [-0.4, -0.2) is 62.3 Å². The van der Waals surface area contributed by atoms with Crippen molar-refractivity contribution in [3.63, 3.8) is 0 Å². The molecule has 1 N–H and O–H groups in total. The number of anilines is 1. The van der Waals surface area contributed by atoms with E-state index in [1.165, 1.54) is 24.0 Å². The molecule has 10 heteroatoms. The van der Waals surface area contributed by atoms with Gasteiger partial charge >= 0.3 is 12.1 Å². The minimum absolute atomic E-state index is 0.00412. The molecule has 188 valence electrons. The molecule has 1 aromatic carbocycles. The second kappa shape index (κ2) is 9.89. The molecule has 2 aromatic rings. The number of nitrogens with one attached hydrogen (secondary N) is 1. The monoisotopic (exact) mass is 501 g/mol. The fourth-order valence-electron chi connectivity index (χ4n) is 4.99. The van der Waals surface area contributed by atoms with Crippen molar-refractivity contribution in [1.82, 2.24) is 19.6 Å². The van der Waals surface area contributed by atoms with Crippen molar-refractivity contribution >= 4 is 35.3 Å². The first-order valence-electron chi connectivity index (χ1n) is 11.8. The SMILES string of the molecule is CC(=O)Nc1cnn(C(=O)N2CC3CC(N(Cc4ccccc4Cl)C(=O)OC(C)(C)C)CC3C2)c1. The van der Waals surface area contributed by atoms with E-state index in [1.807, 2.05) is 45.0 Å². The number of carbonyl (C=O) groups excluding carboxylic acids is 3. The summed E-state index contributed by atoms with van der Waals surface area (Å²) < 4.78 is 6.99. The lowest BCUT2D eigenvalue weighted by molar-refractivity contribution is -0.114. The van der Waals surface area contributed by atoms with Crippen molar-refractivity contribution in [3.8, 4) is 0 Å². The largest absolute Gasteiger partial charge is 0.444 e. The number of hydrogen-bond donors (Lipinski definition) is 1. The summed E-state index contributed by atoms with van der Waals surface area (Å²) in [6.45, 7) is 8.56. The molecule has 2 unspecified atom stereocenters. The van der Waals surface area contributed by atoms with Gasteiger partial charge in [0.1, 0.15) is 5.60 Å². The van der Waals surface area contributed by atoms with E-state index in [-0.39, 0.29) is 35.9 Å². The van der Waals surface area contributed by atoms with E-state index in [0.29, 0.717) is 30.3 Å². The Balaban J connectivity index is 1.43. The Hall–Kier alpha value is -3.07. The molecule has 35 heavy (non-hydrogen) atoms. The van der Waals surface area contributed by atoms with Gasteiger partial charge in [-0.3, -0.25) is 4.79 Å². The average Bonchev–Trinajstić information content (AvgIpc) is 3.46. The second-order valence-electron chi connectivity index (χ2n) is 10.4. The zero-order valence-corrected chi connectivity index (χ0v) is 21.3. The third-order valence-electron chi connectivity index (χ3n) is 6.46. The number of fused-ring (bicyclic) bond motifs is 1. The van der Waals surface area contributed by atoms with Crippen LogP contribution in [0.25, 0.3) is 0 Å². The van der Waals surface area contributed by atoms with Crippen LogP contribution in [0.4, 0.5) is 15.3 Å². The summed E-state index contributed by atoms with van der Waals surface area (Å²) in [7, 11) is 0. The summed E-state index contributed by atoms with van der Waals surface area (Å²) >= 11 is 6.40. The predicted molar refractivity (Wildman–Crippen MR) is 132 cm³/mol. The van der Waals surface area contributed by atoms with Gasteiger partial charge in [-0.05, 0) is 57.1 Å². The van der Waals surface area contributed by atoms with Crippen molar-refractivity contribution in [3.05, 3.63) is 47.2 Å². The Labute approximate surface area is 210 Å². The lowest BCUT2D eigenvalue weighted by Gasteiger charge is -2.33. The first-order chi connectivity index (χ1) is 16.5. The lowest BCUT2D eigenvalue weighted by Crippen LogP contribution is -2.43. The van der Waals surface area contributed by atoms with Crippen LogP contribution in [0.1, 0.15) is 46.1 Å². The molecular formula is C25H32ClN5O4. The van der Waals surface area contributed by atoms with Gasteiger partial charge in [-0.2, -0.15) is 9.78 Å². The molecule has 2 aliphatic rings. The molecule has 0 spiro atoms. The Morgan fingerprint density at radius 3 is 2.43 bits per heavy atom. The Morgan fingerprint density at radius 2 is 1.83 bits per heavy atom. The Bertz CT molecular complexity index is 1100. The fraction of sp³-hybridized carbons (Fsp3) is 0.520. The first-order valence-corrected chi connectivity index (χ1v) is 12.2. The maximum atomic E-state index is 13.2. The summed E-state index contributed by atoms with van der Waals surface area (Å²) in [6.07, 6.45) is 4.20. The highest BCUT2D eigenvalue weighted by Crippen LogP contribution is 2.41. The van der Waals surface area contributed by atoms with Crippen LogP contribution in [0.3, 0.4) is 0 Å². The van der Waals surface area contributed by atoms with Crippen molar-refractivity contribution < 1.29 is 19.1 Å². The maximum absolute atomic E-state index is 13.2. The maximum Gasteiger partial charge on any atom is 0.410 e. The van der Waals surface area contributed by atoms with Crippen LogP contribution >= 0.6 is 11.6 Å². The third kappa shape index (κ3) is 5.96. The van der Waals surface area contributed by atoms with Gasteiger partial charge in [-0.25, -0.2) is 9.59 Å². The zero-order chi connectivity index (χ0) is 25.3. The van der Waals surface area contributed by atoms with E-state index >= 15 is 0 Å². The van der Waals surface area contributed by atoms with Gasteiger partial charge in [0.05, 0.1) is 24.6 Å². The van der Waals surface area contributed by atoms with E-state index in [1.54, 1.807) is 9.80 Å². The van der Waals surface area contributed by atoms with Crippen LogP contribution in [-0.2, 0) is 16.1 Å². The molecule has 1 aliphatic carbocycles. The number of halogens is 1. The van der Waals surface area contributed by atoms with Gasteiger partial charge < -0.3 is 19.9 Å². The topological polar surface area (TPSA) is 96.8 Å². The smallest absolute Gasteiger partial charge is 0.410 e. The molecule has 2 fully saturated rings. The van der Waals surface area contributed by atoms with Crippen LogP contribution < -0.4 is 5.32 Å². The summed E-state index contributed by atoms with van der Waals surface area (Å²) in [5.41, 5.74) is 0.758. The second-order valence-corrected chi connectivity index (χ2v) is 10.8. The van der Waals surface area contributed by atoms with Crippen molar-refractivity contribution in [2.45, 2.75) is 58.7 Å². The average molecular weight is 502 g/mol. The molecule has 2 heterocycles. The molecule has 9 nitrogen and oxygen atoms in total. The number of benzene rings is 1. The van der Waals surface area contributed by atoms with Crippen molar-refractivity contribution in [2.24, 2.45) is 11.8 Å². The predicted octanol–water partition coefficient (Wildman–Crippen LogP) is 4.61. The molecule has 3 amide bonds. The first kappa shape index (κ1) is 25.0. The molecule has 2 atom stereocenters. The third-order valence-corrected chi connectivity index (χ3v) is 6.83. The summed E-state index contributed by atoms with van der Waals surface area (Å²) in [6, 6.07) is 7.32. The number of amides is 3. The molecule has 0 bridgehead atoms. The Kier molecular flexibility index (Phi) is 7.07. The fourth-order valence-corrected chi connectivity index (χ4v) is 5.19. The number of aromatic nitrogens is 2. The van der Waals surface area contributed by atoms with Gasteiger partial charge in [0.25, 0.3) is 0 Å². The number of likely N-dealkylation sites (tertiary alicyclic amines) is 1. The van der Waals surface area contributed by atoms with Gasteiger partial charge in [0.15, 0.2) is 0 Å². The molecule has 4 rings (SSSR count). The van der Waals surface area contributed by atoms with Crippen LogP contribution in [0.15, 0.2) is 36.7 Å². The quantitative estimate of drug-likeness (QED) is 0.659. The standard InChI is InChI=1S/C25H32ClN5O4/c1-16(32)28-20-11-27-31(15-20)23(33)29-12-18-9-21(10-19(18)13-29)30(24(34)35-25(2,3)4)14-17-7-5-6-8-22(17)26/h5-8,11,15,18-19,21H,9-10,12-14H2,1-4H3,(H,28,32). The normalized spacial score (nSPS) is 21.5. The van der Waals surface area contributed by atoms with Crippen LogP contribution in [0, 0.1) is 11.8 Å². The van der Waals surface area contributed by atoms with E-state index in [2.05, 4.69) is 10.4 Å². The van der Waals surface area contributed by atoms with Crippen LogP contribution in [0.5, 0.6) is 0 Å². The highest BCUT2D eigenvalue weighted by molar-refractivity contribution is 6.31. The van der Waals surface area contributed by atoms with E-state index in [4.69, 9.17) is 16.3 Å². The number of nitrogens with zero attached hydrogens (tertiary/aromatic N) is 4. The van der Waals surface area contributed by atoms with Gasteiger partial charge in [-0.15, -0.1) is 0 Å². The molecule has 1 aromatic heterocycles. The van der Waals surface area contributed by atoms with E-state index in [9.17, 15) is 14.4 Å². The van der Waals surface area contributed by atoms with E-state index < -0.39 is 5.60 Å². The van der Waals surface area contributed by atoms with Crippen molar-refractivity contribution in [1.29, 1.82) is 0 Å². The number of rotatable bonds is 4. The summed E-state index contributed by atoms with van der Waals surface area (Å²) in [4.78, 5) is 40.9. The van der Waals surface area contributed by atoms with Crippen LogP contribution in [0.2, 0.25) is 5.02 Å².